The molecular weight excluding hydrogens is 378 g/mol. The highest BCUT2D eigenvalue weighted by Gasteiger charge is 2.17. The number of benzene rings is 3. The summed E-state index contributed by atoms with van der Waals surface area (Å²) < 4.78 is 5.36. The molecule has 154 valence electrons. The van der Waals surface area contributed by atoms with Crippen LogP contribution >= 0.6 is 0 Å². The number of ether oxygens (including phenoxy) is 1. The molecule has 3 aromatic rings. The van der Waals surface area contributed by atoms with Crippen LogP contribution in [0.25, 0.3) is 10.8 Å². The van der Waals surface area contributed by atoms with E-state index in [1.807, 2.05) is 42.5 Å². The van der Waals surface area contributed by atoms with Crippen LogP contribution in [0.5, 0.6) is 0 Å². The summed E-state index contributed by atoms with van der Waals surface area (Å²) in [5, 5.41) is 7.78. The summed E-state index contributed by atoms with van der Waals surface area (Å²) in [6, 6.07) is 20.5. The third kappa shape index (κ3) is 4.67. The molecule has 6 heteroatoms. The minimum Gasteiger partial charge on any atom is -0.370 e. The highest BCUT2D eigenvalue weighted by molar-refractivity contribution is 6.14. The van der Waals surface area contributed by atoms with Gasteiger partial charge in [0.15, 0.2) is 0 Å². The summed E-state index contributed by atoms with van der Waals surface area (Å²) in [5.74, 6) is -0.415. The van der Waals surface area contributed by atoms with Crippen molar-refractivity contribution in [3.8, 4) is 0 Å². The van der Waals surface area contributed by atoms with Gasteiger partial charge in [0.05, 0.1) is 37.6 Å². The smallest absolute Gasteiger partial charge is 0.256 e. The molecule has 1 aliphatic heterocycles. The van der Waals surface area contributed by atoms with Crippen molar-refractivity contribution in [1.29, 1.82) is 0 Å². The third-order valence-corrected chi connectivity index (χ3v) is 5.42. The molecule has 30 heavy (non-hydrogen) atoms. The lowest BCUT2D eigenvalue weighted by atomic mass is 10.0. The zero-order chi connectivity index (χ0) is 20.8. The largest absolute Gasteiger partial charge is 0.370 e. The van der Waals surface area contributed by atoms with Crippen LogP contribution in [0.1, 0.15) is 20.7 Å². The summed E-state index contributed by atoms with van der Waals surface area (Å²) in [4.78, 5) is 27.1. The summed E-state index contributed by atoms with van der Waals surface area (Å²) in [6.07, 6.45) is 0. The average Bonchev–Trinajstić information content (AvgIpc) is 2.79. The van der Waals surface area contributed by atoms with Gasteiger partial charge in [-0.3, -0.25) is 9.59 Å². The first kappa shape index (κ1) is 20.1. The molecule has 0 spiro atoms. The molecule has 0 unspecified atom stereocenters. The Balaban J connectivity index is 1.44. The summed E-state index contributed by atoms with van der Waals surface area (Å²) in [6.45, 7) is 4.92. The van der Waals surface area contributed by atoms with Gasteiger partial charge in [0.1, 0.15) is 13.1 Å². The number of hydrogen-bond acceptors (Lipinski definition) is 3. The van der Waals surface area contributed by atoms with Gasteiger partial charge in [-0.1, -0.05) is 48.5 Å². The molecule has 4 rings (SSSR count). The molecule has 3 aromatic carbocycles. The molecule has 3 N–H and O–H groups in total. The van der Waals surface area contributed by atoms with E-state index in [-0.39, 0.29) is 11.8 Å². The number of amides is 2. The van der Waals surface area contributed by atoms with Crippen LogP contribution in [0.3, 0.4) is 0 Å². The molecular formula is C24H26N3O3+. The van der Waals surface area contributed by atoms with Crippen LogP contribution in [-0.4, -0.2) is 51.2 Å². The molecule has 2 amide bonds. The molecule has 1 fully saturated rings. The van der Waals surface area contributed by atoms with Crippen LogP contribution in [-0.2, 0) is 4.74 Å². The van der Waals surface area contributed by atoms with Gasteiger partial charge in [0, 0.05) is 5.56 Å². The quantitative estimate of drug-likeness (QED) is 0.586. The number of morpholine rings is 1. The maximum atomic E-state index is 13.0. The Bertz CT molecular complexity index is 1040. The fourth-order valence-corrected chi connectivity index (χ4v) is 3.76. The Morgan fingerprint density at radius 2 is 1.53 bits per heavy atom. The predicted molar refractivity (Wildman–Crippen MR) is 117 cm³/mol. The second kappa shape index (κ2) is 9.52. The molecule has 0 radical (unpaired) electrons. The lowest BCUT2D eigenvalue weighted by Gasteiger charge is -2.23. The van der Waals surface area contributed by atoms with E-state index in [0.717, 1.165) is 43.6 Å². The Morgan fingerprint density at radius 1 is 0.833 bits per heavy atom. The Hall–Kier alpha value is -3.22. The van der Waals surface area contributed by atoms with Crippen molar-refractivity contribution in [2.45, 2.75) is 0 Å². The van der Waals surface area contributed by atoms with Gasteiger partial charge < -0.3 is 20.3 Å². The number of carbonyl (C=O) groups is 2. The topological polar surface area (TPSA) is 71.9 Å². The van der Waals surface area contributed by atoms with Gasteiger partial charge in [0.25, 0.3) is 11.8 Å². The maximum absolute atomic E-state index is 13.0. The average molecular weight is 404 g/mol. The SMILES string of the molecule is O=C(NCC[NH+]1CCOCC1)c1ccccc1NC(=O)c1cccc2ccccc12. The lowest BCUT2D eigenvalue weighted by molar-refractivity contribution is -0.906. The van der Waals surface area contributed by atoms with E-state index < -0.39 is 0 Å². The molecule has 1 saturated heterocycles. The van der Waals surface area contributed by atoms with Crippen LogP contribution < -0.4 is 15.5 Å². The van der Waals surface area contributed by atoms with E-state index in [1.54, 1.807) is 24.3 Å². The van der Waals surface area contributed by atoms with E-state index in [4.69, 9.17) is 4.74 Å². The number of para-hydroxylation sites is 1. The molecule has 0 aliphatic carbocycles. The van der Waals surface area contributed by atoms with Crippen molar-refractivity contribution >= 4 is 28.3 Å². The van der Waals surface area contributed by atoms with Gasteiger partial charge in [0.2, 0.25) is 0 Å². The number of nitrogens with one attached hydrogen (secondary N) is 3. The summed E-state index contributed by atoms with van der Waals surface area (Å²) in [5.41, 5.74) is 1.55. The molecule has 1 heterocycles. The van der Waals surface area contributed by atoms with Crippen LogP contribution in [0.2, 0.25) is 0 Å². The Labute approximate surface area is 175 Å². The van der Waals surface area contributed by atoms with E-state index in [0.29, 0.717) is 23.4 Å². The summed E-state index contributed by atoms with van der Waals surface area (Å²) >= 11 is 0. The number of hydrogen-bond donors (Lipinski definition) is 3. The highest BCUT2D eigenvalue weighted by Crippen LogP contribution is 2.21. The normalized spacial score (nSPS) is 14.4. The zero-order valence-electron chi connectivity index (χ0n) is 16.8. The second-order valence-corrected chi connectivity index (χ2v) is 7.39. The van der Waals surface area contributed by atoms with E-state index in [9.17, 15) is 9.59 Å². The standard InChI is InChI=1S/C24H25N3O3/c28-23(25-12-13-27-14-16-30-17-15-27)21-9-3-4-11-22(21)26-24(29)20-10-5-7-18-6-1-2-8-19(18)20/h1-11H,12-17H2,(H,25,28)(H,26,29)/p+1. The fourth-order valence-electron chi connectivity index (χ4n) is 3.76. The number of anilines is 1. The molecule has 0 saturated carbocycles. The van der Waals surface area contributed by atoms with Gasteiger partial charge >= 0.3 is 0 Å². The van der Waals surface area contributed by atoms with E-state index in [1.165, 1.54) is 4.90 Å². The van der Waals surface area contributed by atoms with Gasteiger partial charge in [-0.05, 0) is 29.0 Å². The Kier molecular flexibility index (Phi) is 6.37. The minimum absolute atomic E-state index is 0.184. The lowest BCUT2D eigenvalue weighted by Crippen LogP contribution is -3.14. The molecule has 0 bridgehead atoms. The van der Waals surface area contributed by atoms with Crippen LogP contribution in [0.4, 0.5) is 5.69 Å². The van der Waals surface area contributed by atoms with Gasteiger partial charge in [-0.2, -0.15) is 0 Å². The van der Waals surface area contributed by atoms with E-state index >= 15 is 0 Å². The fraction of sp³-hybridized carbons (Fsp3) is 0.250. The number of carbonyl (C=O) groups excluding carboxylic acids is 2. The van der Waals surface area contributed by atoms with Crippen LogP contribution in [0.15, 0.2) is 66.7 Å². The van der Waals surface area contributed by atoms with Gasteiger partial charge in [-0.15, -0.1) is 0 Å². The number of fused-ring (bicyclic) bond motifs is 1. The van der Waals surface area contributed by atoms with Crippen molar-refractivity contribution in [3.05, 3.63) is 77.9 Å². The third-order valence-electron chi connectivity index (χ3n) is 5.42. The minimum atomic E-state index is -0.232. The number of rotatable bonds is 6. The molecule has 0 aromatic heterocycles. The first-order valence-electron chi connectivity index (χ1n) is 10.3. The van der Waals surface area contributed by atoms with Crippen molar-refractivity contribution in [2.24, 2.45) is 0 Å². The second-order valence-electron chi connectivity index (χ2n) is 7.39. The zero-order valence-corrected chi connectivity index (χ0v) is 16.8. The molecule has 0 atom stereocenters. The van der Waals surface area contributed by atoms with Gasteiger partial charge in [-0.25, -0.2) is 0 Å². The molecule has 1 aliphatic rings. The van der Waals surface area contributed by atoms with Crippen molar-refractivity contribution < 1.29 is 19.2 Å². The Morgan fingerprint density at radius 3 is 2.40 bits per heavy atom. The van der Waals surface area contributed by atoms with Crippen molar-refractivity contribution in [1.82, 2.24) is 5.32 Å². The monoisotopic (exact) mass is 404 g/mol. The molecule has 6 nitrogen and oxygen atoms in total. The first-order chi connectivity index (χ1) is 14.7. The maximum Gasteiger partial charge on any atom is 0.256 e. The summed E-state index contributed by atoms with van der Waals surface area (Å²) in [7, 11) is 0. The predicted octanol–water partition coefficient (Wildman–Crippen LogP) is 1.74. The van der Waals surface area contributed by atoms with Crippen molar-refractivity contribution in [3.63, 3.8) is 0 Å². The van der Waals surface area contributed by atoms with E-state index in [2.05, 4.69) is 10.6 Å². The highest BCUT2D eigenvalue weighted by atomic mass is 16.5. The first-order valence-corrected chi connectivity index (χ1v) is 10.3. The number of quaternary nitrogens is 1. The van der Waals surface area contributed by atoms with Crippen LogP contribution in [0, 0.1) is 0 Å². The van der Waals surface area contributed by atoms with Crippen molar-refractivity contribution in [2.75, 3.05) is 44.7 Å².